The van der Waals surface area contributed by atoms with Crippen LogP contribution in [0.2, 0.25) is 5.02 Å². The normalized spacial score (nSPS) is 27.3. The van der Waals surface area contributed by atoms with Crippen LogP contribution in [0.5, 0.6) is 0 Å². The van der Waals surface area contributed by atoms with Crippen molar-refractivity contribution in [3.63, 3.8) is 0 Å². The summed E-state index contributed by atoms with van der Waals surface area (Å²) in [5, 5.41) is 26.7. The third-order valence-electron chi connectivity index (χ3n) is 5.55. The second-order valence-corrected chi connectivity index (χ2v) is 7.49. The van der Waals surface area contributed by atoms with Crippen molar-refractivity contribution < 1.29 is 19.2 Å². The first kappa shape index (κ1) is 18.0. The topological polar surface area (TPSA) is 113 Å². The molecule has 2 fully saturated rings. The van der Waals surface area contributed by atoms with Crippen LogP contribution in [0.15, 0.2) is 24.5 Å². The number of quaternary nitrogens is 1. The lowest BCUT2D eigenvalue weighted by Crippen LogP contribution is -2.67. The molecule has 2 unspecified atom stereocenters. The summed E-state index contributed by atoms with van der Waals surface area (Å²) >= 11 is 6.19. The molecule has 9 nitrogen and oxygen atoms in total. The number of aliphatic carboxylic acids is 1. The van der Waals surface area contributed by atoms with Gasteiger partial charge < -0.3 is 15.2 Å². The van der Waals surface area contributed by atoms with Gasteiger partial charge in [-0.2, -0.15) is 0 Å². The molecule has 1 N–H and O–H groups in total. The fourth-order valence-corrected chi connectivity index (χ4v) is 4.30. The Morgan fingerprint density at radius 2 is 2.19 bits per heavy atom. The number of hydrogen-bond acceptors (Lipinski definition) is 7. The van der Waals surface area contributed by atoms with Crippen LogP contribution in [-0.4, -0.2) is 61.7 Å². The maximum absolute atomic E-state index is 13.3. The molecule has 2 aliphatic heterocycles. The smallest absolute Gasteiger partial charge is 0.331 e. The highest BCUT2D eigenvalue weighted by Gasteiger charge is 2.52. The molecule has 2 aliphatic rings. The van der Waals surface area contributed by atoms with Gasteiger partial charge in [0.25, 0.3) is 0 Å². The first-order valence-electron chi connectivity index (χ1n) is 8.88. The highest BCUT2D eigenvalue weighted by Crippen LogP contribution is 2.34. The number of benzene rings is 1. The number of carbonyl (C=O) groups is 2. The van der Waals surface area contributed by atoms with Crippen molar-refractivity contribution in [2.45, 2.75) is 37.9 Å². The summed E-state index contributed by atoms with van der Waals surface area (Å²) in [5.74, 6) is -1.29. The first-order valence-corrected chi connectivity index (χ1v) is 9.26. The van der Waals surface area contributed by atoms with Gasteiger partial charge in [-0.1, -0.05) is 11.6 Å². The second kappa shape index (κ2) is 6.99. The van der Waals surface area contributed by atoms with Gasteiger partial charge in [0.1, 0.15) is 25.0 Å². The minimum atomic E-state index is -1.19. The van der Waals surface area contributed by atoms with Crippen LogP contribution in [0.25, 0.3) is 5.69 Å². The van der Waals surface area contributed by atoms with Crippen molar-refractivity contribution in [3.05, 3.63) is 35.1 Å². The van der Waals surface area contributed by atoms with Gasteiger partial charge in [0, 0.05) is 23.4 Å². The van der Waals surface area contributed by atoms with Crippen LogP contribution in [0.4, 0.5) is 0 Å². The molecule has 0 radical (unpaired) electrons. The van der Waals surface area contributed by atoms with Crippen LogP contribution < -0.4 is 10.4 Å². The third kappa shape index (κ3) is 3.11. The number of aromatic nitrogens is 4. The number of likely N-dealkylation sites (tertiary alicyclic amines) is 1. The number of halogens is 1. The molecular weight excluding hydrogens is 372 g/mol. The maximum atomic E-state index is 13.3. The minimum Gasteiger partial charge on any atom is -0.544 e. The Morgan fingerprint density at radius 3 is 2.81 bits per heavy atom. The number of carbonyl (C=O) groups excluding carboxylic acids is 2. The van der Waals surface area contributed by atoms with E-state index in [0.29, 0.717) is 36.5 Å². The monoisotopic (exact) mass is 390 g/mol. The Balaban J connectivity index is 1.78. The second-order valence-electron chi connectivity index (χ2n) is 7.05. The lowest BCUT2D eigenvalue weighted by molar-refractivity contribution is -0.874. The van der Waals surface area contributed by atoms with E-state index in [-0.39, 0.29) is 23.0 Å². The Kier molecular flexibility index (Phi) is 4.67. The average molecular weight is 391 g/mol. The minimum absolute atomic E-state index is 0.101. The zero-order valence-electron chi connectivity index (χ0n) is 14.5. The van der Waals surface area contributed by atoms with E-state index in [0.717, 1.165) is 12.1 Å². The van der Waals surface area contributed by atoms with Crippen molar-refractivity contribution in [2.75, 3.05) is 13.1 Å². The fourth-order valence-electron chi connectivity index (χ4n) is 4.11. The Bertz CT molecular complexity index is 870. The first-order chi connectivity index (χ1) is 13.0. The summed E-state index contributed by atoms with van der Waals surface area (Å²) in [7, 11) is 0. The zero-order valence-corrected chi connectivity index (χ0v) is 15.3. The quantitative estimate of drug-likeness (QED) is 0.680. The SMILES string of the molecule is O=C([O-])[C@@H]1CCC[N+]1(Cc1cc(Cl)ccc1-n1cnnn1)C(=O)C1CCN1. The van der Waals surface area contributed by atoms with Crippen molar-refractivity contribution in [1.82, 2.24) is 25.5 Å². The lowest BCUT2D eigenvalue weighted by Gasteiger charge is -2.42. The Morgan fingerprint density at radius 1 is 1.37 bits per heavy atom. The molecule has 0 spiro atoms. The molecule has 2 aromatic rings. The van der Waals surface area contributed by atoms with Gasteiger partial charge in [0.15, 0.2) is 0 Å². The number of tetrazole rings is 1. The summed E-state index contributed by atoms with van der Waals surface area (Å²) < 4.78 is 1.31. The van der Waals surface area contributed by atoms with Gasteiger partial charge in [0.2, 0.25) is 0 Å². The lowest BCUT2D eigenvalue weighted by atomic mass is 10.0. The number of carboxylic acids is 1. The number of rotatable bonds is 5. The molecule has 0 saturated carbocycles. The number of hydrogen-bond donors (Lipinski definition) is 1. The Labute approximate surface area is 160 Å². The molecule has 0 aliphatic carbocycles. The summed E-state index contributed by atoms with van der Waals surface area (Å²) in [6.45, 7) is 1.42. The molecule has 3 atom stereocenters. The van der Waals surface area contributed by atoms with Crippen LogP contribution in [0.1, 0.15) is 24.8 Å². The Hall–Kier alpha value is -2.36. The molecule has 142 valence electrons. The molecule has 4 rings (SSSR count). The van der Waals surface area contributed by atoms with Gasteiger partial charge in [-0.3, -0.25) is 0 Å². The fraction of sp³-hybridized carbons (Fsp3) is 0.471. The summed E-state index contributed by atoms with van der Waals surface area (Å²) in [5.41, 5.74) is 1.39. The molecule has 3 heterocycles. The average Bonchev–Trinajstić information content (AvgIpc) is 3.23. The molecule has 2 saturated heterocycles. The number of nitrogens with zero attached hydrogens (tertiary/aromatic N) is 5. The highest BCUT2D eigenvalue weighted by molar-refractivity contribution is 6.30. The molecule has 1 aromatic carbocycles. The predicted molar refractivity (Wildman–Crippen MR) is 92.4 cm³/mol. The van der Waals surface area contributed by atoms with Gasteiger partial charge in [0.05, 0.1) is 18.2 Å². The molecule has 27 heavy (non-hydrogen) atoms. The molecular formula is C17H19ClN6O3. The third-order valence-corrected chi connectivity index (χ3v) is 5.79. The van der Waals surface area contributed by atoms with E-state index in [9.17, 15) is 14.7 Å². The van der Waals surface area contributed by atoms with Crippen LogP contribution >= 0.6 is 11.6 Å². The van der Waals surface area contributed by atoms with Gasteiger partial charge in [-0.15, -0.1) is 5.10 Å². The summed E-state index contributed by atoms with van der Waals surface area (Å²) in [6.07, 6.45) is 3.24. The van der Waals surface area contributed by atoms with Gasteiger partial charge >= 0.3 is 5.91 Å². The maximum Gasteiger partial charge on any atom is 0.331 e. The van der Waals surface area contributed by atoms with Crippen molar-refractivity contribution in [2.24, 2.45) is 0 Å². The van der Waals surface area contributed by atoms with E-state index in [4.69, 9.17) is 11.6 Å². The number of carboxylic acid groups (broad SMARTS) is 1. The molecule has 0 bridgehead atoms. The molecule has 10 heteroatoms. The van der Waals surface area contributed by atoms with Crippen LogP contribution in [-0.2, 0) is 16.1 Å². The standard InChI is InChI=1S/C17H19ClN6O3/c18-12-3-4-14(23-10-20-21-22-23)11(8-12)9-24(16(25)13-5-6-19-13)7-1-2-15(24)17(26)27/h3-4,8,10,13,15,19H,1-2,5-7,9H2/t13?,15-,24?/m0/s1. The summed E-state index contributed by atoms with van der Waals surface area (Å²) in [6, 6.07) is 4.02. The van der Waals surface area contributed by atoms with Crippen molar-refractivity contribution in [1.29, 1.82) is 0 Å². The van der Waals surface area contributed by atoms with Gasteiger partial charge in [-0.05, 0) is 41.6 Å². The van der Waals surface area contributed by atoms with E-state index in [1.54, 1.807) is 18.2 Å². The highest BCUT2D eigenvalue weighted by atomic mass is 35.5. The van der Waals surface area contributed by atoms with Crippen LogP contribution in [0, 0.1) is 0 Å². The van der Waals surface area contributed by atoms with Crippen molar-refractivity contribution in [3.8, 4) is 5.69 Å². The van der Waals surface area contributed by atoms with E-state index < -0.39 is 12.0 Å². The number of amides is 1. The van der Waals surface area contributed by atoms with E-state index in [1.807, 2.05) is 0 Å². The van der Waals surface area contributed by atoms with E-state index >= 15 is 0 Å². The van der Waals surface area contributed by atoms with Gasteiger partial charge in [-0.25, -0.2) is 14.0 Å². The van der Waals surface area contributed by atoms with E-state index in [1.165, 1.54) is 11.0 Å². The van der Waals surface area contributed by atoms with Crippen molar-refractivity contribution >= 4 is 23.5 Å². The van der Waals surface area contributed by atoms with E-state index in [2.05, 4.69) is 20.8 Å². The number of nitrogens with one attached hydrogen (secondary N) is 1. The van der Waals surface area contributed by atoms with Crippen LogP contribution in [0.3, 0.4) is 0 Å². The molecule has 1 amide bonds. The zero-order chi connectivity index (χ0) is 19.0. The predicted octanol–water partition coefficient (Wildman–Crippen LogP) is -0.567. The molecule has 1 aromatic heterocycles. The largest absolute Gasteiger partial charge is 0.544 e. The summed E-state index contributed by atoms with van der Waals surface area (Å²) in [4.78, 5) is 25.1.